The Bertz CT molecular complexity index is 1470. The van der Waals surface area contributed by atoms with Crippen molar-refractivity contribution in [1.29, 1.82) is 0 Å². The predicted molar refractivity (Wildman–Crippen MR) is 171 cm³/mol. The molecule has 3 heterocycles. The van der Waals surface area contributed by atoms with E-state index in [0.717, 1.165) is 49.7 Å². The largest absolute Gasteiger partial charge is 0.497 e. The summed E-state index contributed by atoms with van der Waals surface area (Å²) in [6.07, 6.45) is 5.77. The molecule has 4 aliphatic rings. The molecule has 2 saturated carbocycles. The first-order valence-electron chi connectivity index (χ1n) is 16.8. The number of benzene rings is 1. The molecule has 6 rings (SSSR count). The van der Waals surface area contributed by atoms with Gasteiger partial charge in [-0.2, -0.15) is 0 Å². The highest BCUT2D eigenvalue weighted by Crippen LogP contribution is 2.51. The molecule has 3 fully saturated rings. The van der Waals surface area contributed by atoms with Crippen molar-refractivity contribution in [2.45, 2.75) is 109 Å². The van der Waals surface area contributed by atoms with Crippen LogP contribution in [-0.2, 0) is 25.5 Å². The lowest BCUT2D eigenvalue weighted by atomic mass is 9.82. The third kappa shape index (κ3) is 6.27. The van der Waals surface area contributed by atoms with Gasteiger partial charge < -0.3 is 29.2 Å². The molecule has 1 N–H and O–H groups in total. The lowest BCUT2D eigenvalue weighted by Gasteiger charge is -2.36. The molecule has 0 unspecified atom stereocenters. The van der Waals surface area contributed by atoms with E-state index >= 15 is 0 Å². The van der Waals surface area contributed by atoms with Crippen LogP contribution in [0.25, 0.3) is 11.0 Å². The van der Waals surface area contributed by atoms with Crippen molar-refractivity contribution in [2.24, 2.45) is 23.2 Å². The van der Waals surface area contributed by atoms with Gasteiger partial charge >= 0.3 is 6.09 Å². The number of aromatic nitrogens is 2. The number of methoxy groups -OCH3 is 2. The number of aryl methyl sites for hydroxylation is 1. The smallest absolute Gasteiger partial charge is 0.408 e. The van der Waals surface area contributed by atoms with Gasteiger partial charge in [-0.15, -0.1) is 0 Å². The van der Waals surface area contributed by atoms with Gasteiger partial charge in [-0.05, 0) is 80.8 Å². The molecular formula is C35H48N4O7. The first-order chi connectivity index (χ1) is 22.0. The summed E-state index contributed by atoms with van der Waals surface area (Å²) in [6, 6.07) is 3.74. The van der Waals surface area contributed by atoms with Crippen molar-refractivity contribution in [1.82, 2.24) is 20.2 Å². The normalized spacial score (nSPS) is 32.1. The quantitative estimate of drug-likeness (QED) is 0.502. The molecule has 11 heteroatoms. The van der Waals surface area contributed by atoms with Crippen LogP contribution in [0.3, 0.4) is 0 Å². The zero-order valence-corrected chi connectivity index (χ0v) is 27.9. The maximum absolute atomic E-state index is 14.4. The van der Waals surface area contributed by atoms with Crippen LogP contribution in [0.4, 0.5) is 4.79 Å². The maximum atomic E-state index is 14.4. The Hall–Kier alpha value is -3.47. The van der Waals surface area contributed by atoms with Crippen molar-refractivity contribution >= 4 is 28.8 Å². The highest BCUT2D eigenvalue weighted by Gasteiger charge is 2.52. The van der Waals surface area contributed by atoms with E-state index in [0.29, 0.717) is 41.3 Å². The van der Waals surface area contributed by atoms with E-state index in [1.807, 2.05) is 39.0 Å². The zero-order valence-electron chi connectivity index (χ0n) is 27.9. The summed E-state index contributed by atoms with van der Waals surface area (Å²) in [7, 11) is 3.12. The predicted octanol–water partition coefficient (Wildman–Crippen LogP) is 4.87. The molecule has 2 aliphatic heterocycles. The number of nitrogens with one attached hydrogen (secondary N) is 1. The van der Waals surface area contributed by atoms with Gasteiger partial charge in [0, 0.05) is 13.2 Å². The van der Waals surface area contributed by atoms with Gasteiger partial charge in [0.15, 0.2) is 5.78 Å². The first-order valence-corrected chi connectivity index (χ1v) is 16.8. The van der Waals surface area contributed by atoms with Crippen molar-refractivity contribution in [2.75, 3.05) is 20.8 Å². The second kappa shape index (κ2) is 13.0. The second-order valence-corrected chi connectivity index (χ2v) is 14.6. The average molecular weight is 637 g/mol. The van der Waals surface area contributed by atoms with E-state index in [4.69, 9.17) is 28.9 Å². The number of fused-ring (bicyclic) bond motifs is 9. The first kappa shape index (κ1) is 32.5. The fourth-order valence-corrected chi connectivity index (χ4v) is 8.32. The summed E-state index contributed by atoms with van der Waals surface area (Å²) < 4.78 is 24.0. The Morgan fingerprint density at radius 1 is 1.00 bits per heavy atom. The number of nitrogens with zero attached hydrogens (tertiary/aromatic N) is 3. The van der Waals surface area contributed by atoms with Crippen LogP contribution in [0.5, 0.6) is 11.6 Å². The lowest BCUT2D eigenvalue weighted by molar-refractivity contribution is -0.143. The number of rotatable bonds is 3. The average Bonchev–Trinajstić information content (AvgIpc) is 3.72. The number of carbonyl (C=O) groups is 3. The molecule has 46 heavy (non-hydrogen) atoms. The molecule has 8 atom stereocenters. The van der Waals surface area contributed by atoms with Crippen LogP contribution in [0, 0.1) is 23.2 Å². The highest BCUT2D eigenvalue weighted by molar-refractivity contribution is 5.93. The van der Waals surface area contributed by atoms with E-state index in [9.17, 15) is 14.4 Å². The van der Waals surface area contributed by atoms with Gasteiger partial charge in [-0.1, -0.05) is 33.6 Å². The fourth-order valence-electron chi connectivity index (χ4n) is 8.32. The lowest BCUT2D eigenvalue weighted by Crippen LogP contribution is -2.58. The van der Waals surface area contributed by atoms with Crippen molar-refractivity contribution in [3.63, 3.8) is 0 Å². The Morgan fingerprint density at radius 2 is 1.78 bits per heavy atom. The summed E-state index contributed by atoms with van der Waals surface area (Å²) >= 11 is 0. The van der Waals surface area contributed by atoms with Gasteiger partial charge in [0.1, 0.15) is 41.8 Å². The Morgan fingerprint density at radius 3 is 2.50 bits per heavy atom. The minimum absolute atomic E-state index is 0.0800. The molecule has 0 spiro atoms. The van der Waals surface area contributed by atoms with Gasteiger partial charge in [-0.3, -0.25) is 9.59 Å². The molecule has 2 aromatic rings. The van der Waals surface area contributed by atoms with Crippen molar-refractivity contribution in [3.05, 3.63) is 23.9 Å². The fraction of sp³-hybridized carbons (Fsp3) is 0.686. The number of hydrogen-bond donors (Lipinski definition) is 1. The van der Waals surface area contributed by atoms with Crippen LogP contribution in [0.1, 0.15) is 78.3 Å². The topological polar surface area (TPSA) is 129 Å². The van der Waals surface area contributed by atoms with Gasteiger partial charge in [0.25, 0.3) is 0 Å². The van der Waals surface area contributed by atoms with Gasteiger partial charge in [0.2, 0.25) is 11.8 Å². The number of amides is 2. The summed E-state index contributed by atoms with van der Waals surface area (Å²) in [4.78, 5) is 52.3. The minimum atomic E-state index is -0.933. The number of hydrogen-bond acceptors (Lipinski definition) is 9. The number of ether oxygens (including phenoxy) is 4. The maximum Gasteiger partial charge on any atom is 0.408 e. The van der Waals surface area contributed by atoms with Gasteiger partial charge in [0.05, 0.1) is 24.7 Å². The zero-order chi connectivity index (χ0) is 32.7. The highest BCUT2D eigenvalue weighted by atomic mass is 16.6. The Labute approximate surface area is 271 Å². The number of alkyl carbamates (subject to hydrolysis) is 1. The number of Topliss-reactive ketones (excluding diaryl/α,β-unsaturated/α-hetero) is 1. The molecule has 1 aromatic carbocycles. The van der Waals surface area contributed by atoms with Crippen LogP contribution in [0.2, 0.25) is 0 Å². The van der Waals surface area contributed by atoms with Crippen LogP contribution < -0.4 is 14.8 Å². The molecule has 4 bridgehead atoms. The third-order valence-electron chi connectivity index (χ3n) is 10.6. The molecule has 250 valence electrons. The number of carbonyl (C=O) groups excluding carboxylic acids is 3. The van der Waals surface area contributed by atoms with E-state index in [2.05, 4.69) is 5.32 Å². The molecule has 1 aromatic heterocycles. The van der Waals surface area contributed by atoms with Crippen LogP contribution in [-0.4, -0.2) is 83.8 Å². The summed E-state index contributed by atoms with van der Waals surface area (Å²) in [6.45, 7) is 7.22. The van der Waals surface area contributed by atoms with E-state index in [-0.39, 0.29) is 24.3 Å². The summed E-state index contributed by atoms with van der Waals surface area (Å²) in [5, 5.41) is 2.93. The van der Waals surface area contributed by atoms with E-state index in [1.54, 1.807) is 7.11 Å². The van der Waals surface area contributed by atoms with Crippen molar-refractivity contribution in [3.8, 4) is 11.6 Å². The third-order valence-corrected chi connectivity index (χ3v) is 10.6. The second-order valence-electron chi connectivity index (χ2n) is 14.6. The molecule has 2 aliphatic carbocycles. The van der Waals surface area contributed by atoms with E-state index < -0.39 is 35.8 Å². The van der Waals surface area contributed by atoms with Crippen LogP contribution in [0.15, 0.2) is 18.2 Å². The Kier molecular flexibility index (Phi) is 9.15. The monoisotopic (exact) mass is 636 g/mol. The molecule has 11 nitrogen and oxygen atoms in total. The summed E-state index contributed by atoms with van der Waals surface area (Å²) in [5.41, 5.74) is 1.44. The molecule has 1 saturated heterocycles. The molecule has 2 amide bonds. The standard InChI is InChI=1S/C35H48N4O7/c1-19(40)28-30(44-6)27-18-39(28)33(41)31(35(2,3)4)38-34(42)46-29-21-13-12-20(16-21)23(29)10-8-7-9-11-25-32(45-27)37-26-17-22(43-5)14-15-24(26)36-25/h14-15,17,20-21,23,27-31H,7-13,16,18H2,1-6H3,(H,38,42)/t20-,21+,23-,27+,28-,29-,30-,31-/m1/s1. The molecular weight excluding hydrogens is 588 g/mol. The van der Waals surface area contributed by atoms with Crippen molar-refractivity contribution < 1.29 is 33.3 Å². The van der Waals surface area contributed by atoms with E-state index in [1.165, 1.54) is 25.4 Å². The summed E-state index contributed by atoms with van der Waals surface area (Å²) in [5.74, 6) is 1.68. The minimum Gasteiger partial charge on any atom is -0.497 e. The molecule has 0 radical (unpaired) electrons. The SMILES string of the molecule is COc1ccc2nc3c(nc2c1)O[C@H]1CN(C(=O)[C@H](C(C)(C)C)NC(=O)O[C@@H]2[C@H]4CC[C@H](C4)[C@H]2CCCCC3)[C@H](C(C)=O)[C@@H]1OC. The Balaban J connectivity index is 1.38. The van der Waals surface area contributed by atoms with Crippen LogP contribution >= 0.6 is 0 Å². The number of ketones is 1. The van der Waals surface area contributed by atoms with Gasteiger partial charge in [-0.25, -0.2) is 14.8 Å².